The Labute approximate surface area is 253 Å². The second-order valence-electron chi connectivity index (χ2n) is 8.96. The lowest BCUT2D eigenvalue weighted by atomic mass is 10.0. The van der Waals surface area contributed by atoms with Crippen molar-refractivity contribution in [3.63, 3.8) is 0 Å². The molecule has 1 heterocycles. The van der Waals surface area contributed by atoms with Crippen molar-refractivity contribution in [3.05, 3.63) is 103 Å². The number of ether oxygens (including phenoxy) is 2. The molecule has 4 aromatic rings. The van der Waals surface area contributed by atoms with Crippen molar-refractivity contribution in [3.8, 4) is 11.5 Å². The maximum atomic E-state index is 13.3. The van der Waals surface area contributed by atoms with E-state index in [1.807, 2.05) is 19.1 Å². The van der Waals surface area contributed by atoms with Crippen LogP contribution in [0.3, 0.4) is 0 Å². The lowest BCUT2D eigenvalue weighted by molar-refractivity contribution is -0.122. The standard InChI is InChI=1S/C30H21Cl2IN2O5/c1-16-7-8-18-5-3-4-6-20(18)22(16)15-40-27-25(33)12-17(13-26(27)39-2)11-21-28(36)34-30(38)35(29(21)37)19-9-10-23(31)24(32)14-19/h3-14H,15H2,1-2H3,(H,34,36,38)/b21-11+. The van der Waals surface area contributed by atoms with Gasteiger partial charge in [0, 0.05) is 5.56 Å². The van der Waals surface area contributed by atoms with Crippen molar-refractivity contribution in [2.45, 2.75) is 13.5 Å². The zero-order chi connectivity index (χ0) is 28.6. The molecule has 0 aliphatic carbocycles. The Bertz CT molecular complexity index is 1740. The molecule has 202 valence electrons. The Morgan fingerprint density at radius 3 is 2.50 bits per heavy atom. The number of amides is 4. The van der Waals surface area contributed by atoms with Crippen LogP contribution in [0.2, 0.25) is 10.0 Å². The van der Waals surface area contributed by atoms with Gasteiger partial charge in [0.05, 0.1) is 26.4 Å². The van der Waals surface area contributed by atoms with Gasteiger partial charge in [-0.1, -0.05) is 59.6 Å². The van der Waals surface area contributed by atoms with E-state index in [0.29, 0.717) is 27.2 Å². The molecule has 0 bridgehead atoms. The van der Waals surface area contributed by atoms with Crippen LogP contribution in [0.4, 0.5) is 10.5 Å². The number of anilines is 1. The molecular formula is C30H21Cl2IN2O5. The summed E-state index contributed by atoms with van der Waals surface area (Å²) in [6.07, 6.45) is 1.40. The third-order valence-corrected chi connectivity index (χ3v) is 8.00. The van der Waals surface area contributed by atoms with Crippen LogP contribution in [0.1, 0.15) is 16.7 Å². The summed E-state index contributed by atoms with van der Waals surface area (Å²) >= 11 is 14.2. The Kier molecular flexibility index (Phi) is 8.02. The molecule has 5 rings (SSSR count). The van der Waals surface area contributed by atoms with Crippen LogP contribution in [-0.4, -0.2) is 25.0 Å². The van der Waals surface area contributed by atoms with Gasteiger partial charge in [-0.2, -0.15) is 0 Å². The lowest BCUT2D eigenvalue weighted by Gasteiger charge is -2.26. The Morgan fingerprint density at radius 2 is 1.75 bits per heavy atom. The lowest BCUT2D eigenvalue weighted by Crippen LogP contribution is -2.54. The van der Waals surface area contributed by atoms with Gasteiger partial charge in [0.2, 0.25) is 0 Å². The predicted octanol–water partition coefficient (Wildman–Crippen LogP) is 7.31. The highest BCUT2D eigenvalue weighted by molar-refractivity contribution is 14.1. The summed E-state index contributed by atoms with van der Waals surface area (Å²) in [6.45, 7) is 2.36. The quantitative estimate of drug-likeness (QED) is 0.131. The van der Waals surface area contributed by atoms with Gasteiger partial charge >= 0.3 is 6.03 Å². The minimum Gasteiger partial charge on any atom is -0.493 e. The van der Waals surface area contributed by atoms with Gasteiger partial charge in [0.15, 0.2) is 11.5 Å². The average Bonchev–Trinajstić information content (AvgIpc) is 2.92. The van der Waals surface area contributed by atoms with Gasteiger partial charge in [-0.05, 0) is 87.8 Å². The number of halogens is 3. The summed E-state index contributed by atoms with van der Waals surface area (Å²) in [7, 11) is 1.52. The third kappa shape index (κ3) is 5.39. The van der Waals surface area contributed by atoms with Crippen LogP contribution in [0.25, 0.3) is 16.8 Å². The van der Waals surface area contributed by atoms with Gasteiger partial charge in [-0.3, -0.25) is 14.9 Å². The van der Waals surface area contributed by atoms with E-state index in [1.54, 1.807) is 12.1 Å². The van der Waals surface area contributed by atoms with E-state index in [-0.39, 0.29) is 21.3 Å². The molecule has 7 nitrogen and oxygen atoms in total. The maximum Gasteiger partial charge on any atom is 0.335 e. The molecule has 1 aliphatic rings. The molecule has 4 amide bonds. The van der Waals surface area contributed by atoms with Gasteiger partial charge in [-0.25, -0.2) is 9.69 Å². The first-order valence-corrected chi connectivity index (χ1v) is 13.9. The Morgan fingerprint density at radius 1 is 0.975 bits per heavy atom. The molecule has 1 N–H and O–H groups in total. The third-order valence-electron chi connectivity index (χ3n) is 6.46. The molecule has 1 aliphatic heterocycles. The fourth-order valence-corrected chi connectivity index (χ4v) is 5.50. The number of nitrogens with one attached hydrogen (secondary N) is 1. The second kappa shape index (κ2) is 11.5. The van der Waals surface area contributed by atoms with E-state index < -0.39 is 17.8 Å². The fraction of sp³-hybridized carbons (Fsp3) is 0.100. The highest BCUT2D eigenvalue weighted by Crippen LogP contribution is 2.37. The van der Waals surface area contributed by atoms with E-state index in [0.717, 1.165) is 26.8 Å². The van der Waals surface area contributed by atoms with Crippen LogP contribution in [0.5, 0.6) is 11.5 Å². The van der Waals surface area contributed by atoms with Crippen molar-refractivity contribution in [1.82, 2.24) is 5.32 Å². The summed E-state index contributed by atoms with van der Waals surface area (Å²) in [5.74, 6) is -0.651. The van der Waals surface area contributed by atoms with E-state index in [9.17, 15) is 14.4 Å². The van der Waals surface area contributed by atoms with Crippen molar-refractivity contribution < 1.29 is 23.9 Å². The first-order valence-electron chi connectivity index (χ1n) is 12.0. The number of carbonyl (C=O) groups is 3. The summed E-state index contributed by atoms with van der Waals surface area (Å²) in [5.41, 5.74) is 2.63. The van der Waals surface area contributed by atoms with Crippen molar-refractivity contribution in [1.29, 1.82) is 0 Å². The summed E-state index contributed by atoms with van der Waals surface area (Å²) in [5, 5.41) is 4.86. The number of hydrogen-bond acceptors (Lipinski definition) is 5. The number of urea groups is 1. The number of fused-ring (bicyclic) bond motifs is 1. The number of aryl methyl sites for hydroxylation is 1. The SMILES string of the molecule is COc1cc(/C=C2\C(=O)NC(=O)N(c3ccc(Cl)c(Cl)c3)C2=O)cc(I)c1OCc1c(C)ccc2ccccc12. The first kappa shape index (κ1) is 27.9. The molecule has 10 heteroatoms. The molecule has 0 spiro atoms. The van der Waals surface area contributed by atoms with Crippen molar-refractivity contribution in [2.24, 2.45) is 0 Å². The molecule has 1 saturated heterocycles. The molecule has 0 saturated carbocycles. The number of barbiturate groups is 1. The number of imide groups is 2. The maximum absolute atomic E-state index is 13.3. The zero-order valence-corrected chi connectivity index (χ0v) is 24.9. The largest absolute Gasteiger partial charge is 0.493 e. The van der Waals surface area contributed by atoms with Crippen LogP contribution in [-0.2, 0) is 16.2 Å². The Hall–Kier alpha value is -3.60. The number of hydrogen-bond donors (Lipinski definition) is 1. The molecule has 0 atom stereocenters. The molecule has 40 heavy (non-hydrogen) atoms. The van der Waals surface area contributed by atoms with Crippen molar-refractivity contribution >= 4 is 86.2 Å². The second-order valence-corrected chi connectivity index (χ2v) is 10.9. The van der Waals surface area contributed by atoms with E-state index in [2.05, 4.69) is 52.2 Å². The summed E-state index contributed by atoms with van der Waals surface area (Å²) in [6, 6.07) is 19.1. The number of methoxy groups -OCH3 is 1. The molecule has 0 unspecified atom stereocenters. The molecule has 1 fully saturated rings. The van der Waals surface area contributed by atoms with Gasteiger partial charge in [0.25, 0.3) is 11.8 Å². The highest BCUT2D eigenvalue weighted by atomic mass is 127. The molecular weight excluding hydrogens is 666 g/mol. The van der Waals surface area contributed by atoms with Crippen molar-refractivity contribution in [2.75, 3.05) is 12.0 Å². The van der Waals surface area contributed by atoms with Gasteiger partial charge in [-0.15, -0.1) is 0 Å². The smallest absolute Gasteiger partial charge is 0.335 e. The first-order chi connectivity index (χ1) is 19.2. The Balaban J connectivity index is 1.46. The average molecular weight is 687 g/mol. The number of nitrogens with zero attached hydrogens (tertiary/aromatic N) is 1. The van der Waals surface area contributed by atoms with E-state index >= 15 is 0 Å². The molecule has 0 radical (unpaired) electrons. The van der Waals surface area contributed by atoms with Crippen LogP contribution < -0.4 is 19.7 Å². The molecule has 4 aromatic carbocycles. The minimum absolute atomic E-state index is 0.163. The minimum atomic E-state index is -0.884. The van der Waals surface area contributed by atoms with Crippen LogP contribution in [0.15, 0.2) is 72.3 Å². The van der Waals surface area contributed by atoms with Gasteiger partial charge in [0.1, 0.15) is 12.2 Å². The summed E-state index contributed by atoms with van der Waals surface area (Å²) < 4.78 is 12.6. The van der Waals surface area contributed by atoms with E-state index in [4.69, 9.17) is 32.7 Å². The number of carbonyl (C=O) groups excluding carboxylic acids is 3. The van der Waals surface area contributed by atoms with E-state index in [1.165, 1.54) is 31.4 Å². The fourth-order valence-electron chi connectivity index (χ4n) is 4.43. The summed E-state index contributed by atoms with van der Waals surface area (Å²) in [4.78, 5) is 39.3. The van der Waals surface area contributed by atoms with Crippen LogP contribution in [0, 0.1) is 10.5 Å². The van der Waals surface area contributed by atoms with Crippen LogP contribution >= 0.6 is 45.8 Å². The molecule has 0 aromatic heterocycles. The topological polar surface area (TPSA) is 84.9 Å². The highest BCUT2D eigenvalue weighted by Gasteiger charge is 2.37. The predicted molar refractivity (Wildman–Crippen MR) is 164 cm³/mol. The number of benzene rings is 4. The monoisotopic (exact) mass is 686 g/mol. The zero-order valence-electron chi connectivity index (χ0n) is 21.3. The van der Waals surface area contributed by atoms with Gasteiger partial charge < -0.3 is 9.47 Å². The number of rotatable bonds is 6. The normalized spacial score (nSPS) is 14.6.